The number of thiophene rings is 1. The number of anilines is 2. The summed E-state index contributed by atoms with van der Waals surface area (Å²) in [7, 11) is -0.962. The Morgan fingerprint density at radius 2 is 1.98 bits per heavy atom. The van der Waals surface area contributed by atoms with Crippen LogP contribution in [0.1, 0.15) is 16.9 Å². The maximum atomic E-state index is 15.1. The van der Waals surface area contributed by atoms with E-state index >= 15 is 4.39 Å². The van der Waals surface area contributed by atoms with Gasteiger partial charge in [-0.15, -0.1) is 11.3 Å². The second-order valence-electron chi connectivity index (χ2n) is 11.0. The molecule has 2 fully saturated rings. The Labute approximate surface area is 247 Å². The third-order valence-corrected chi connectivity index (χ3v) is 10.3. The molecule has 226 valence electrons. The molecule has 0 aliphatic carbocycles. The van der Waals surface area contributed by atoms with Crippen LogP contribution in [-0.2, 0) is 15.7 Å². The van der Waals surface area contributed by atoms with Crippen LogP contribution in [0.15, 0.2) is 36.4 Å². The molecular weight excluding hydrogens is 589 g/mol. The number of halogens is 4. The van der Waals surface area contributed by atoms with Crippen molar-refractivity contribution in [3.8, 4) is 17.6 Å². The largest absolute Gasteiger partial charge is 0.495 e. The van der Waals surface area contributed by atoms with Gasteiger partial charge in [0, 0.05) is 18.4 Å². The minimum atomic E-state index is -4.42. The van der Waals surface area contributed by atoms with E-state index in [2.05, 4.69) is 27.4 Å². The number of benzene rings is 2. The maximum absolute atomic E-state index is 15.1. The molecule has 2 saturated heterocycles. The number of fused-ring (bicyclic) bond motifs is 1. The van der Waals surface area contributed by atoms with E-state index in [-0.39, 0.29) is 18.2 Å². The first-order valence-electron chi connectivity index (χ1n) is 13.7. The Balaban J connectivity index is 1.36. The van der Waals surface area contributed by atoms with E-state index in [0.29, 0.717) is 63.6 Å². The van der Waals surface area contributed by atoms with E-state index in [9.17, 15) is 17.7 Å². The molecule has 2 atom stereocenters. The van der Waals surface area contributed by atoms with Crippen molar-refractivity contribution in [2.24, 2.45) is 0 Å². The summed E-state index contributed by atoms with van der Waals surface area (Å²) in [6, 6.07) is 10.2. The van der Waals surface area contributed by atoms with Gasteiger partial charge in [0.15, 0.2) is 0 Å². The Morgan fingerprint density at radius 1 is 1.19 bits per heavy atom. The Bertz CT molecular complexity index is 1540. The number of piperidine rings is 1. The first kappa shape index (κ1) is 30.7. The average Bonchev–Trinajstić information content (AvgIpc) is 3.23. The zero-order chi connectivity index (χ0) is 30.1. The molecule has 6 nitrogen and oxygen atoms in total. The van der Waals surface area contributed by atoms with Crippen LogP contribution in [-0.4, -0.2) is 82.6 Å². The molecule has 1 aromatic heterocycles. The fourth-order valence-electron chi connectivity index (χ4n) is 5.24. The van der Waals surface area contributed by atoms with Crippen molar-refractivity contribution in [3.05, 3.63) is 46.8 Å². The van der Waals surface area contributed by atoms with Crippen molar-refractivity contribution in [2.75, 3.05) is 63.9 Å². The smallest absolute Gasteiger partial charge is 0.393 e. The van der Waals surface area contributed by atoms with Gasteiger partial charge in [-0.3, -0.25) is 4.90 Å². The zero-order valence-electron chi connectivity index (χ0n) is 23.7. The van der Waals surface area contributed by atoms with Crippen LogP contribution >= 0.6 is 18.5 Å². The average molecular weight is 624 g/mol. The number of likely N-dealkylation sites (tertiary alicyclic amines) is 1. The molecule has 0 saturated carbocycles. The lowest BCUT2D eigenvalue weighted by Crippen LogP contribution is -2.57. The summed E-state index contributed by atoms with van der Waals surface area (Å²) in [6.07, 6.45) is -6.04. The van der Waals surface area contributed by atoms with Crippen LogP contribution in [0.5, 0.6) is 5.75 Å². The van der Waals surface area contributed by atoms with E-state index in [4.69, 9.17) is 9.47 Å². The number of methoxy groups -OCH3 is 1. The molecule has 0 bridgehead atoms. The van der Waals surface area contributed by atoms with Crippen LogP contribution in [0.2, 0.25) is 0 Å². The van der Waals surface area contributed by atoms with Crippen LogP contribution < -0.4 is 20.7 Å². The number of rotatable bonds is 8. The van der Waals surface area contributed by atoms with Crippen molar-refractivity contribution in [3.63, 3.8) is 0 Å². The van der Waals surface area contributed by atoms with Crippen molar-refractivity contribution >= 4 is 45.2 Å². The van der Waals surface area contributed by atoms with E-state index in [1.165, 1.54) is 18.4 Å². The van der Waals surface area contributed by atoms with E-state index < -0.39 is 32.0 Å². The predicted octanol–water partition coefficient (Wildman–Crippen LogP) is 5.95. The van der Waals surface area contributed by atoms with Crippen LogP contribution in [0.3, 0.4) is 0 Å². The molecule has 0 amide bonds. The third kappa shape index (κ3) is 7.05. The first-order chi connectivity index (χ1) is 19.9. The molecule has 2 aliphatic rings. The van der Waals surface area contributed by atoms with Gasteiger partial charge < -0.3 is 24.7 Å². The highest BCUT2D eigenvalue weighted by Gasteiger charge is 2.36. The SMILES string of the molecule is COc1cc(P(C)(C)=O)ccc1NCC#Cc1sc2c(NC3CCN(C4COC4)CC3F)cccc2c1CC(F)(F)F. The third-order valence-electron chi connectivity index (χ3n) is 7.62. The molecule has 5 rings (SSSR count). The van der Waals surface area contributed by atoms with E-state index in [1.54, 1.807) is 49.7 Å². The monoisotopic (exact) mass is 623 g/mol. The van der Waals surface area contributed by atoms with Gasteiger partial charge in [-0.1, -0.05) is 24.0 Å². The molecule has 2 unspecified atom stereocenters. The molecule has 3 heterocycles. The summed E-state index contributed by atoms with van der Waals surface area (Å²) < 4.78 is 79.7. The normalized spacial score (nSPS) is 20.1. The zero-order valence-corrected chi connectivity index (χ0v) is 25.4. The molecular formula is C30H34F4N3O3PS. The highest BCUT2D eigenvalue weighted by molar-refractivity contribution is 7.70. The maximum Gasteiger partial charge on any atom is 0.393 e. The molecule has 2 aromatic carbocycles. The van der Waals surface area contributed by atoms with Crippen LogP contribution in [0, 0.1) is 11.8 Å². The van der Waals surface area contributed by atoms with E-state index in [1.807, 2.05) is 0 Å². The van der Waals surface area contributed by atoms with Crippen LogP contribution in [0.25, 0.3) is 10.1 Å². The second kappa shape index (κ2) is 12.5. The number of nitrogens with one attached hydrogen (secondary N) is 2. The lowest BCUT2D eigenvalue weighted by atomic mass is 10.00. The second-order valence-corrected chi connectivity index (χ2v) is 15.3. The summed E-state index contributed by atoms with van der Waals surface area (Å²) in [6.45, 7) is 5.80. The van der Waals surface area contributed by atoms with Gasteiger partial charge in [0.25, 0.3) is 0 Å². The highest BCUT2D eigenvalue weighted by Crippen LogP contribution is 2.40. The molecule has 2 aliphatic heterocycles. The van der Waals surface area contributed by atoms with Crippen molar-refractivity contribution in [1.29, 1.82) is 0 Å². The Kier molecular flexibility index (Phi) is 9.10. The summed E-state index contributed by atoms with van der Waals surface area (Å²) in [5.41, 5.74) is 1.38. The van der Waals surface area contributed by atoms with Gasteiger partial charge >= 0.3 is 6.18 Å². The minimum Gasteiger partial charge on any atom is -0.495 e. The fraction of sp³-hybridized carbons (Fsp3) is 0.467. The lowest BCUT2D eigenvalue weighted by Gasteiger charge is -2.43. The van der Waals surface area contributed by atoms with Gasteiger partial charge in [-0.2, -0.15) is 13.2 Å². The number of ether oxygens (including phenoxy) is 2. The standard InChI is InChI=1S/C30H34F4N3O3PS/c1-39-27-14-20(41(2,3)38)9-10-25(27)35-12-5-8-28-22(15-30(32,33)34)21-6-4-7-26(29(21)42-28)36-24-11-13-37(16-23(24)31)19-17-40-18-19/h4,6-7,9-10,14,19,23-24,35-36H,11-13,15-18H2,1-3H3. The lowest BCUT2D eigenvalue weighted by molar-refractivity contribution is -0.126. The molecule has 3 aromatic rings. The molecule has 42 heavy (non-hydrogen) atoms. The summed E-state index contributed by atoms with van der Waals surface area (Å²) in [5.74, 6) is 6.39. The van der Waals surface area contributed by atoms with Gasteiger partial charge in [-0.05, 0) is 55.0 Å². The van der Waals surface area contributed by atoms with Crippen LogP contribution in [0.4, 0.5) is 28.9 Å². The van der Waals surface area contributed by atoms with Gasteiger partial charge in [-0.25, -0.2) is 4.39 Å². The number of nitrogens with zero attached hydrogens (tertiary/aromatic N) is 1. The predicted molar refractivity (Wildman–Crippen MR) is 162 cm³/mol. The van der Waals surface area contributed by atoms with Gasteiger partial charge in [0.1, 0.15) is 19.1 Å². The molecule has 0 spiro atoms. The van der Waals surface area contributed by atoms with Crippen molar-refractivity contribution in [2.45, 2.75) is 37.3 Å². The fourth-order valence-corrected chi connectivity index (χ4v) is 7.27. The summed E-state index contributed by atoms with van der Waals surface area (Å²) in [5, 5.41) is 7.58. The number of alkyl halides is 4. The first-order valence-corrected chi connectivity index (χ1v) is 17.1. The van der Waals surface area contributed by atoms with Crippen molar-refractivity contribution in [1.82, 2.24) is 4.90 Å². The minimum absolute atomic E-state index is 0.124. The quantitative estimate of drug-likeness (QED) is 0.184. The highest BCUT2D eigenvalue weighted by atomic mass is 32.1. The summed E-state index contributed by atoms with van der Waals surface area (Å²) in [4.78, 5) is 2.44. The van der Waals surface area contributed by atoms with Gasteiger partial charge in [0.2, 0.25) is 0 Å². The number of hydrogen-bond acceptors (Lipinski definition) is 7. The Hall–Kier alpha value is -2.77. The Morgan fingerprint density at radius 3 is 2.62 bits per heavy atom. The molecule has 0 radical (unpaired) electrons. The topological polar surface area (TPSA) is 62.8 Å². The molecule has 12 heteroatoms. The van der Waals surface area contributed by atoms with E-state index in [0.717, 1.165) is 6.54 Å². The van der Waals surface area contributed by atoms with Crippen molar-refractivity contribution < 1.29 is 31.6 Å². The number of hydrogen-bond donors (Lipinski definition) is 2. The van der Waals surface area contributed by atoms with Gasteiger partial charge in [0.05, 0.1) is 66.3 Å². The molecule has 2 N–H and O–H groups in total. The summed E-state index contributed by atoms with van der Waals surface area (Å²) >= 11 is 1.19.